The molecule has 0 spiro atoms. The van der Waals surface area contributed by atoms with E-state index < -0.39 is 21.6 Å². The Kier molecular flexibility index (Phi) is 3.34. The molecule has 0 atom stereocenters. The Labute approximate surface area is 108 Å². The molecule has 0 fully saturated rings. The molecular weight excluding hydrogens is 272 g/mol. The first-order valence-electron chi connectivity index (χ1n) is 5.24. The maximum absolute atomic E-state index is 12.1. The van der Waals surface area contributed by atoms with Gasteiger partial charge in [0.25, 0.3) is 0 Å². The van der Waals surface area contributed by atoms with Gasteiger partial charge in [-0.05, 0) is 18.2 Å². The lowest BCUT2D eigenvalue weighted by molar-refractivity contribution is 0.0696. The highest BCUT2D eigenvalue weighted by Crippen LogP contribution is 2.16. The predicted octanol–water partition coefficient (Wildman–Crippen LogP) is 1.05. The average molecular weight is 282 g/mol. The summed E-state index contributed by atoms with van der Waals surface area (Å²) < 4.78 is 28.8. The fourth-order valence-corrected chi connectivity index (χ4v) is 2.69. The molecule has 19 heavy (non-hydrogen) atoms. The number of rotatable bonds is 4. The summed E-state index contributed by atoms with van der Waals surface area (Å²) in [4.78, 5) is 14.5. The molecule has 0 aliphatic heterocycles. The SMILES string of the molecule is Cc1nc(CS(=O)(=O)c2cccc(C(=O)O)c2)no1. The number of aromatic carboxylic acids is 1. The van der Waals surface area contributed by atoms with Crippen LogP contribution in [0.1, 0.15) is 22.1 Å². The Bertz CT molecular complexity index is 720. The Morgan fingerprint density at radius 1 is 1.42 bits per heavy atom. The summed E-state index contributed by atoms with van der Waals surface area (Å²) in [6.45, 7) is 1.55. The van der Waals surface area contributed by atoms with Crippen LogP contribution in [0.5, 0.6) is 0 Å². The highest BCUT2D eigenvalue weighted by atomic mass is 32.2. The molecule has 0 amide bonds. The van der Waals surface area contributed by atoms with Crippen LogP contribution >= 0.6 is 0 Å². The van der Waals surface area contributed by atoms with Crippen molar-refractivity contribution >= 4 is 15.8 Å². The standard InChI is InChI=1S/C11H10N2O5S/c1-7-12-10(13-18-7)6-19(16,17)9-4-2-3-8(5-9)11(14)15/h2-5H,6H2,1H3,(H,14,15). The van der Waals surface area contributed by atoms with Crippen LogP contribution in [0.25, 0.3) is 0 Å². The summed E-state index contributed by atoms with van der Waals surface area (Å²) >= 11 is 0. The van der Waals surface area contributed by atoms with E-state index >= 15 is 0 Å². The van der Waals surface area contributed by atoms with Gasteiger partial charge in [-0.2, -0.15) is 4.98 Å². The summed E-state index contributed by atoms with van der Waals surface area (Å²) in [6.07, 6.45) is 0. The van der Waals surface area contributed by atoms with Crippen LogP contribution in [-0.2, 0) is 15.6 Å². The van der Waals surface area contributed by atoms with E-state index in [4.69, 9.17) is 5.11 Å². The van der Waals surface area contributed by atoms with Crippen molar-refractivity contribution in [2.24, 2.45) is 0 Å². The zero-order valence-corrected chi connectivity index (χ0v) is 10.7. The van der Waals surface area contributed by atoms with Gasteiger partial charge < -0.3 is 9.63 Å². The zero-order valence-electron chi connectivity index (χ0n) is 9.90. The maximum Gasteiger partial charge on any atom is 0.335 e. The van der Waals surface area contributed by atoms with Gasteiger partial charge in [-0.3, -0.25) is 0 Å². The van der Waals surface area contributed by atoms with E-state index in [0.29, 0.717) is 0 Å². The number of carbonyl (C=O) groups is 1. The number of hydrogen-bond donors (Lipinski definition) is 1. The van der Waals surface area contributed by atoms with E-state index in [-0.39, 0.29) is 22.2 Å². The maximum atomic E-state index is 12.1. The van der Waals surface area contributed by atoms with Gasteiger partial charge in [-0.1, -0.05) is 11.2 Å². The van der Waals surface area contributed by atoms with Gasteiger partial charge in [0, 0.05) is 6.92 Å². The topological polar surface area (TPSA) is 110 Å². The van der Waals surface area contributed by atoms with Gasteiger partial charge in [0.05, 0.1) is 10.5 Å². The highest BCUT2D eigenvalue weighted by molar-refractivity contribution is 7.90. The fourth-order valence-electron chi connectivity index (χ4n) is 1.48. The van der Waals surface area contributed by atoms with Crippen LogP contribution in [0.4, 0.5) is 0 Å². The van der Waals surface area contributed by atoms with Crippen molar-refractivity contribution in [3.8, 4) is 0 Å². The third-order valence-electron chi connectivity index (χ3n) is 2.33. The second-order valence-corrected chi connectivity index (χ2v) is 5.81. The van der Waals surface area contributed by atoms with Crippen molar-refractivity contribution in [1.29, 1.82) is 0 Å². The summed E-state index contributed by atoms with van der Waals surface area (Å²) in [5.41, 5.74) is -0.0923. The van der Waals surface area contributed by atoms with E-state index in [1.807, 2.05) is 0 Å². The largest absolute Gasteiger partial charge is 0.478 e. The van der Waals surface area contributed by atoms with Gasteiger partial charge in [-0.25, -0.2) is 13.2 Å². The zero-order chi connectivity index (χ0) is 14.0. The molecule has 7 nitrogen and oxygen atoms in total. The normalized spacial score (nSPS) is 11.4. The number of aryl methyl sites for hydroxylation is 1. The van der Waals surface area contributed by atoms with Crippen molar-refractivity contribution in [3.05, 3.63) is 41.5 Å². The van der Waals surface area contributed by atoms with Crippen molar-refractivity contribution in [1.82, 2.24) is 10.1 Å². The Balaban J connectivity index is 2.34. The van der Waals surface area contributed by atoms with Gasteiger partial charge in [0.2, 0.25) is 5.89 Å². The summed E-state index contributed by atoms with van der Waals surface area (Å²) in [5, 5.41) is 12.3. The minimum absolute atomic E-state index is 0.0400. The second kappa shape index (κ2) is 4.81. The van der Waals surface area contributed by atoms with Gasteiger partial charge >= 0.3 is 5.97 Å². The third-order valence-corrected chi connectivity index (χ3v) is 3.94. The van der Waals surface area contributed by atoms with Gasteiger partial charge in [0.15, 0.2) is 15.7 Å². The molecule has 0 bridgehead atoms. The molecule has 2 rings (SSSR count). The molecular formula is C11H10N2O5S. The molecule has 0 unspecified atom stereocenters. The van der Waals surface area contributed by atoms with Gasteiger partial charge in [0.1, 0.15) is 5.75 Å². The minimum atomic E-state index is -3.70. The average Bonchev–Trinajstić information content (AvgIpc) is 2.74. The molecule has 0 radical (unpaired) electrons. The van der Waals surface area contributed by atoms with E-state index in [1.54, 1.807) is 6.92 Å². The summed E-state index contributed by atoms with van der Waals surface area (Å²) in [6, 6.07) is 5.12. The van der Waals surface area contributed by atoms with E-state index in [0.717, 1.165) is 6.07 Å². The monoisotopic (exact) mass is 282 g/mol. The first-order valence-corrected chi connectivity index (χ1v) is 6.89. The minimum Gasteiger partial charge on any atom is -0.478 e. The van der Waals surface area contributed by atoms with Crippen LogP contribution in [0.2, 0.25) is 0 Å². The Morgan fingerprint density at radius 3 is 2.74 bits per heavy atom. The van der Waals surface area contributed by atoms with Crippen molar-refractivity contribution in [2.45, 2.75) is 17.6 Å². The number of aromatic nitrogens is 2. The molecule has 100 valence electrons. The van der Waals surface area contributed by atoms with Crippen LogP contribution in [0.15, 0.2) is 33.7 Å². The number of benzene rings is 1. The number of nitrogens with zero attached hydrogens (tertiary/aromatic N) is 2. The van der Waals surface area contributed by atoms with E-state index in [9.17, 15) is 13.2 Å². The Morgan fingerprint density at radius 2 is 2.16 bits per heavy atom. The molecule has 2 aromatic rings. The number of sulfone groups is 1. The molecule has 0 aliphatic carbocycles. The van der Waals surface area contributed by atoms with Crippen LogP contribution in [0.3, 0.4) is 0 Å². The van der Waals surface area contributed by atoms with Gasteiger partial charge in [-0.15, -0.1) is 0 Å². The molecule has 0 aliphatic rings. The smallest absolute Gasteiger partial charge is 0.335 e. The molecule has 0 saturated heterocycles. The van der Waals surface area contributed by atoms with E-state index in [1.165, 1.54) is 18.2 Å². The van der Waals surface area contributed by atoms with Crippen molar-refractivity contribution in [2.75, 3.05) is 0 Å². The first kappa shape index (κ1) is 13.2. The van der Waals surface area contributed by atoms with Crippen LogP contribution in [0, 0.1) is 6.92 Å². The number of carboxylic acid groups (broad SMARTS) is 1. The molecule has 1 heterocycles. The Hall–Kier alpha value is -2.22. The van der Waals surface area contributed by atoms with Crippen LogP contribution in [-0.4, -0.2) is 29.6 Å². The lowest BCUT2D eigenvalue weighted by Gasteiger charge is -2.02. The first-order chi connectivity index (χ1) is 8.88. The molecule has 1 N–H and O–H groups in total. The summed E-state index contributed by atoms with van der Waals surface area (Å²) in [5.74, 6) is -1.32. The van der Waals surface area contributed by atoms with Crippen molar-refractivity contribution in [3.63, 3.8) is 0 Å². The lowest BCUT2D eigenvalue weighted by Crippen LogP contribution is -2.08. The fraction of sp³-hybridized carbons (Fsp3) is 0.182. The number of carboxylic acids is 1. The quantitative estimate of drug-likeness (QED) is 0.892. The van der Waals surface area contributed by atoms with Crippen LogP contribution < -0.4 is 0 Å². The molecule has 1 aromatic carbocycles. The number of hydrogen-bond acceptors (Lipinski definition) is 6. The van der Waals surface area contributed by atoms with E-state index in [2.05, 4.69) is 14.7 Å². The molecule has 8 heteroatoms. The third kappa shape index (κ3) is 2.97. The summed E-state index contributed by atoms with van der Waals surface area (Å²) in [7, 11) is -3.70. The molecule has 0 saturated carbocycles. The second-order valence-electron chi connectivity index (χ2n) is 3.82. The lowest BCUT2D eigenvalue weighted by atomic mass is 10.2. The van der Waals surface area contributed by atoms with Crippen molar-refractivity contribution < 1.29 is 22.8 Å². The highest BCUT2D eigenvalue weighted by Gasteiger charge is 2.20. The predicted molar refractivity (Wildman–Crippen MR) is 63.3 cm³/mol. The molecule has 1 aromatic heterocycles.